The van der Waals surface area contributed by atoms with E-state index in [2.05, 4.69) is 20.9 Å². The van der Waals surface area contributed by atoms with Gasteiger partial charge in [-0.2, -0.15) is 0 Å². The number of benzene rings is 1. The lowest BCUT2D eigenvalue weighted by Crippen LogP contribution is -2.27. The van der Waals surface area contributed by atoms with Crippen LogP contribution in [-0.4, -0.2) is 27.2 Å². The van der Waals surface area contributed by atoms with Crippen molar-refractivity contribution < 1.29 is 4.79 Å². The summed E-state index contributed by atoms with van der Waals surface area (Å²) in [6.45, 7) is 0.446. The molecule has 0 aliphatic carbocycles. The number of nitrogen functional groups attached to an aromatic ring is 1. The normalized spacial score (nSPS) is 10.3. The van der Waals surface area contributed by atoms with Crippen LogP contribution in [0.5, 0.6) is 0 Å². The zero-order valence-electron chi connectivity index (χ0n) is 10.9. The smallest absolute Gasteiger partial charge is 0.253 e. The van der Waals surface area contributed by atoms with E-state index < -0.39 is 0 Å². The molecule has 1 aromatic heterocycles. The standard InChI is InChI=1S/C12H15ClN6O/c1-19-7-16-18-11(19)4-5-15-12(20)9-6-8(13)2-3-10(9)17-14/h2-3,6-7,17H,4-5,14H2,1H3,(H,15,20). The number of nitrogens with zero attached hydrogens (tertiary/aromatic N) is 3. The molecule has 2 rings (SSSR count). The number of carbonyl (C=O) groups is 1. The summed E-state index contributed by atoms with van der Waals surface area (Å²) in [6, 6.07) is 4.88. The molecule has 0 atom stereocenters. The van der Waals surface area contributed by atoms with Crippen LogP contribution in [0.4, 0.5) is 5.69 Å². The van der Waals surface area contributed by atoms with E-state index in [-0.39, 0.29) is 5.91 Å². The van der Waals surface area contributed by atoms with Crippen LogP contribution in [0.25, 0.3) is 0 Å². The van der Waals surface area contributed by atoms with Crippen molar-refractivity contribution >= 4 is 23.2 Å². The molecule has 0 saturated heterocycles. The predicted molar refractivity (Wildman–Crippen MR) is 76.3 cm³/mol. The summed E-state index contributed by atoms with van der Waals surface area (Å²) in [7, 11) is 1.85. The number of aromatic nitrogens is 3. The van der Waals surface area contributed by atoms with E-state index in [0.717, 1.165) is 5.82 Å². The first-order chi connectivity index (χ1) is 9.61. The van der Waals surface area contributed by atoms with Crippen molar-refractivity contribution in [3.05, 3.63) is 40.9 Å². The topological polar surface area (TPSA) is 97.9 Å². The minimum Gasteiger partial charge on any atom is -0.352 e. The lowest BCUT2D eigenvalue weighted by molar-refractivity contribution is 0.0954. The molecule has 0 unspecified atom stereocenters. The highest BCUT2D eigenvalue weighted by Gasteiger charge is 2.11. The highest BCUT2D eigenvalue weighted by molar-refractivity contribution is 6.31. The van der Waals surface area contributed by atoms with Crippen LogP contribution in [0.1, 0.15) is 16.2 Å². The Kier molecular flexibility index (Phi) is 4.54. The van der Waals surface area contributed by atoms with Gasteiger partial charge < -0.3 is 15.3 Å². The molecule has 4 N–H and O–H groups in total. The van der Waals surface area contributed by atoms with Gasteiger partial charge in [0.15, 0.2) is 0 Å². The number of hydrogen-bond donors (Lipinski definition) is 3. The molecule has 0 aliphatic heterocycles. The second-order valence-corrected chi connectivity index (χ2v) is 4.63. The van der Waals surface area contributed by atoms with E-state index in [1.165, 1.54) is 0 Å². The number of hydrogen-bond acceptors (Lipinski definition) is 5. The molecule has 1 aromatic carbocycles. The molecular formula is C12H15ClN6O. The monoisotopic (exact) mass is 294 g/mol. The maximum absolute atomic E-state index is 12.1. The van der Waals surface area contributed by atoms with Gasteiger partial charge in [0.2, 0.25) is 0 Å². The lowest BCUT2D eigenvalue weighted by atomic mass is 10.1. The summed E-state index contributed by atoms with van der Waals surface area (Å²) in [4.78, 5) is 12.1. The molecule has 2 aromatic rings. The molecule has 106 valence electrons. The van der Waals surface area contributed by atoms with Crippen molar-refractivity contribution in [1.82, 2.24) is 20.1 Å². The van der Waals surface area contributed by atoms with Crippen molar-refractivity contribution in [2.45, 2.75) is 6.42 Å². The number of anilines is 1. The zero-order valence-corrected chi connectivity index (χ0v) is 11.7. The van der Waals surface area contributed by atoms with Gasteiger partial charge in [-0.15, -0.1) is 10.2 Å². The first-order valence-electron chi connectivity index (χ1n) is 5.99. The maximum Gasteiger partial charge on any atom is 0.253 e. The van der Waals surface area contributed by atoms with Gasteiger partial charge in [-0.3, -0.25) is 10.6 Å². The van der Waals surface area contributed by atoms with E-state index in [1.54, 1.807) is 29.1 Å². The number of amides is 1. The molecule has 0 saturated carbocycles. The summed E-state index contributed by atoms with van der Waals surface area (Å²) in [6.07, 6.45) is 2.21. The maximum atomic E-state index is 12.1. The van der Waals surface area contributed by atoms with Crippen LogP contribution in [0.15, 0.2) is 24.5 Å². The summed E-state index contributed by atoms with van der Waals surface area (Å²) in [5.41, 5.74) is 3.39. The first kappa shape index (κ1) is 14.3. The molecular weight excluding hydrogens is 280 g/mol. The first-order valence-corrected chi connectivity index (χ1v) is 6.37. The summed E-state index contributed by atoms with van der Waals surface area (Å²) in [5, 5.41) is 11.0. The third kappa shape index (κ3) is 3.25. The molecule has 20 heavy (non-hydrogen) atoms. The molecule has 8 heteroatoms. The van der Waals surface area contributed by atoms with Gasteiger partial charge in [-0.05, 0) is 18.2 Å². The van der Waals surface area contributed by atoms with Gasteiger partial charge in [0, 0.05) is 25.0 Å². The van der Waals surface area contributed by atoms with Crippen molar-refractivity contribution in [3.8, 4) is 0 Å². The van der Waals surface area contributed by atoms with Crippen LogP contribution >= 0.6 is 11.6 Å². The number of aryl methyl sites for hydroxylation is 1. The third-order valence-electron chi connectivity index (χ3n) is 2.82. The lowest BCUT2D eigenvalue weighted by Gasteiger charge is -2.10. The Hall–Kier alpha value is -2.12. The number of carbonyl (C=O) groups excluding carboxylic acids is 1. The second-order valence-electron chi connectivity index (χ2n) is 4.20. The van der Waals surface area contributed by atoms with Crippen molar-refractivity contribution in [2.75, 3.05) is 12.0 Å². The molecule has 0 bridgehead atoms. The number of nitrogens with one attached hydrogen (secondary N) is 2. The van der Waals surface area contributed by atoms with Gasteiger partial charge >= 0.3 is 0 Å². The van der Waals surface area contributed by atoms with Gasteiger partial charge in [0.1, 0.15) is 12.2 Å². The average molecular weight is 295 g/mol. The largest absolute Gasteiger partial charge is 0.352 e. The van der Waals surface area contributed by atoms with E-state index in [1.807, 2.05) is 7.05 Å². The molecule has 1 amide bonds. The summed E-state index contributed by atoms with van der Waals surface area (Å²) in [5.74, 6) is 5.92. The fourth-order valence-corrected chi connectivity index (χ4v) is 1.92. The number of halogens is 1. The van der Waals surface area contributed by atoms with E-state index in [0.29, 0.717) is 29.2 Å². The van der Waals surface area contributed by atoms with E-state index >= 15 is 0 Å². The number of hydrazine groups is 1. The van der Waals surface area contributed by atoms with Crippen molar-refractivity contribution in [2.24, 2.45) is 12.9 Å². The van der Waals surface area contributed by atoms with Gasteiger partial charge in [-0.25, -0.2) is 0 Å². The van der Waals surface area contributed by atoms with Crippen LogP contribution in [0.3, 0.4) is 0 Å². The molecule has 0 fully saturated rings. The Balaban J connectivity index is 1.98. The summed E-state index contributed by atoms with van der Waals surface area (Å²) >= 11 is 5.88. The van der Waals surface area contributed by atoms with E-state index in [9.17, 15) is 4.79 Å². The van der Waals surface area contributed by atoms with Crippen LogP contribution < -0.4 is 16.6 Å². The second kappa shape index (κ2) is 6.36. The number of nitrogens with two attached hydrogens (primary N) is 1. The average Bonchev–Trinajstić information content (AvgIpc) is 2.84. The third-order valence-corrected chi connectivity index (χ3v) is 3.06. The Morgan fingerprint density at radius 1 is 1.50 bits per heavy atom. The minimum atomic E-state index is -0.248. The highest BCUT2D eigenvalue weighted by atomic mass is 35.5. The van der Waals surface area contributed by atoms with E-state index in [4.69, 9.17) is 17.4 Å². The van der Waals surface area contributed by atoms with Gasteiger partial charge in [-0.1, -0.05) is 11.6 Å². The predicted octanol–water partition coefficient (Wildman–Crippen LogP) is 0.727. The quantitative estimate of drug-likeness (QED) is 0.558. The Bertz CT molecular complexity index is 612. The molecule has 0 aliphatic rings. The Morgan fingerprint density at radius 2 is 2.30 bits per heavy atom. The zero-order chi connectivity index (χ0) is 14.5. The number of rotatable bonds is 5. The molecule has 1 heterocycles. The minimum absolute atomic E-state index is 0.248. The van der Waals surface area contributed by atoms with Crippen molar-refractivity contribution in [1.29, 1.82) is 0 Å². The van der Waals surface area contributed by atoms with Crippen LogP contribution in [0, 0.1) is 0 Å². The summed E-state index contributed by atoms with van der Waals surface area (Å²) < 4.78 is 1.80. The van der Waals surface area contributed by atoms with Crippen LogP contribution in [-0.2, 0) is 13.5 Å². The molecule has 0 spiro atoms. The fraction of sp³-hybridized carbons (Fsp3) is 0.250. The van der Waals surface area contributed by atoms with Crippen LogP contribution in [0.2, 0.25) is 5.02 Å². The Morgan fingerprint density at radius 3 is 2.95 bits per heavy atom. The highest BCUT2D eigenvalue weighted by Crippen LogP contribution is 2.19. The fourth-order valence-electron chi connectivity index (χ4n) is 1.75. The Labute approximate surface area is 121 Å². The van der Waals surface area contributed by atoms with Gasteiger partial charge in [0.25, 0.3) is 5.91 Å². The molecule has 7 nitrogen and oxygen atoms in total. The SMILES string of the molecule is Cn1cnnc1CCNC(=O)c1cc(Cl)ccc1NN. The molecule has 0 radical (unpaired) electrons. The van der Waals surface area contributed by atoms with Gasteiger partial charge in [0.05, 0.1) is 11.3 Å². The van der Waals surface area contributed by atoms with Crippen molar-refractivity contribution in [3.63, 3.8) is 0 Å².